The molecule has 1 aliphatic rings. The molecule has 2 amide bonds. The van der Waals surface area contributed by atoms with E-state index in [9.17, 15) is 19.5 Å². The van der Waals surface area contributed by atoms with E-state index < -0.39 is 6.23 Å². The number of likely N-dealkylation sites (N-methyl/N-ethyl adjacent to an activating group) is 1. The molecule has 0 aliphatic carbocycles. The summed E-state index contributed by atoms with van der Waals surface area (Å²) >= 11 is 0. The standard InChI is InChI=1S/C39H46N6O4/c1-8-35(46)41-33-23-29(16-17-31(33)37(48)45-20-18-43(6)19-21-45)40-34-22-27(24-44(7)38(34)49)30-10-9-11-32(25(30)2)42-36(47)26-12-14-28(15-13-26)39(3,4)5/h8-17,22-24,35,40-41,46H,1,18-21H2,2-7H3,(H,42,47). The Bertz CT molecular complexity index is 1920. The van der Waals surface area contributed by atoms with Gasteiger partial charge < -0.3 is 35.4 Å². The average molecular weight is 663 g/mol. The number of carbonyl (C=O) groups is 2. The molecule has 1 aromatic heterocycles. The predicted octanol–water partition coefficient (Wildman–Crippen LogP) is 5.96. The first-order valence-electron chi connectivity index (χ1n) is 16.4. The van der Waals surface area contributed by atoms with Crippen molar-refractivity contribution in [2.24, 2.45) is 7.05 Å². The minimum atomic E-state index is -1.08. The normalized spacial score (nSPS) is 14.2. The summed E-state index contributed by atoms with van der Waals surface area (Å²) in [6, 6.07) is 20.3. The van der Waals surface area contributed by atoms with Crippen molar-refractivity contribution >= 4 is 34.6 Å². The first kappa shape index (κ1) is 35.1. The number of rotatable bonds is 9. The number of anilines is 4. The quantitative estimate of drug-likeness (QED) is 0.129. The summed E-state index contributed by atoms with van der Waals surface area (Å²) in [4.78, 5) is 44.0. The van der Waals surface area contributed by atoms with E-state index in [0.29, 0.717) is 47.0 Å². The van der Waals surface area contributed by atoms with Gasteiger partial charge in [-0.3, -0.25) is 14.4 Å². The van der Waals surface area contributed by atoms with E-state index >= 15 is 0 Å². The van der Waals surface area contributed by atoms with Crippen molar-refractivity contribution in [2.45, 2.75) is 39.3 Å². The zero-order chi connectivity index (χ0) is 35.5. The summed E-state index contributed by atoms with van der Waals surface area (Å²) in [6.07, 6.45) is 2.02. The lowest BCUT2D eigenvalue weighted by atomic mass is 9.86. The summed E-state index contributed by atoms with van der Waals surface area (Å²) in [5.74, 6) is -0.343. The van der Waals surface area contributed by atoms with Gasteiger partial charge in [-0.25, -0.2) is 0 Å². The van der Waals surface area contributed by atoms with Gasteiger partial charge in [-0.15, -0.1) is 0 Å². The number of aliphatic hydroxyl groups is 1. The second-order valence-corrected chi connectivity index (χ2v) is 13.6. The number of aliphatic hydroxyl groups excluding tert-OH is 1. The molecular formula is C39H46N6O4. The molecule has 0 bridgehead atoms. The lowest BCUT2D eigenvalue weighted by Gasteiger charge is -2.33. The van der Waals surface area contributed by atoms with Crippen LogP contribution in [0.1, 0.15) is 52.6 Å². The highest BCUT2D eigenvalue weighted by atomic mass is 16.3. The molecule has 0 spiro atoms. The van der Waals surface area contributed by atoms with Crippen LogP contribution in [0.2, 0.25) is 0 Å². The van der Waals surface area contributed by atoms with Crippen molar-refractivity contribution in [3.05, 3.63) is 118 Å². The third-order valence-electron chi connectivity index (χ3n) is 8.94. The maximum Gasteiger partial charge on any atom is 0.274 e. The highest BCUT2D eigenvalue weighted by Gasteiger charge is 2.24. The van der Waals surface area contributed by atoms with Gasteiger partial charge in [-0.2, -0.15) is 0 Å². The number of nitrogens with one attached hydrogen (secondary N) is 3. The van der Waals surface area contributed by atoms with Crippen LogP contribution >= 0.6 is 0 Å². The molecule has 4 N–H and O–H groups in total. The Morgan fingerprint density at radius 3 is 2.27 bits per heavy atom. The number of aromatic nitrogens is 1. The minimum absolute atomic E-state index is 0.0102. The van der Waals surface area contributed by atoms with Crippen molar-refractivity contribution in [1.29, 1.82) is 0 Å². The van der Waals surface area contributed by atoms with E-state index in [4.69, 9.17) is 0 Å². The van der Waals surface area contributed by atoms with Crippen LogP contribution < -0.4 is 21.5 Å². The van der Waals surface area contributed by atoms with Gasteiger partial charge in [0.05, 0.1) is 11.3 Å². The molecule has 1 unspecified atom stereocenters. The number of amides is 2. The summed E-state index contributed by atoms with van der Waals surface area (Å²) in [5, 5.41) is 19.6. The minimum Gasteiger partial charge on any atom is -0.370 e. The summed E-state index contributed by atoms with van der Waals surface area (Å²) < 4.78 is 1.50. The second-order valence-electron chi connectivity index (χ2n) is 13.6. The van der Waals surface area contributed by atoms with Gasteiger partial charge in [-0.1, -0.05) is 51.6 Å². The number of aryl methyl sites for hydroxylation is 1. The molecule has 1 saturated heterocycles. The molecule has 10 nitrogen and oxygen atoms in total. The Labute approximate surface area is 288 Å². The van der Waals surface area contributed by atoms with Crippen LogP contribution in [0.15, 0.2) is 90.4 Å². The van der Waals surface area contributed by atoms with Gasteiger partial charge in [0.25, 0.3) is 17.4 Å². The third kappa shape index (κ3) is 8.10. The predicted molar refractivity (Wildman–Crippen MR) is 198 cm³/mol. The Hall–Kier alpha value is -5.19. The molecule has 3 aromatic carbocycles. The number of hydrogen-bond acceptors (Lipinski definition) is 7. The van der Waals surface area contributed by atoms with Crippen molar-refractivity contribution in [2.75, 3.05) is 49.2 Å². The number of nitrogens with zero attached hydrogens (tertiary/aromatic N) is 3. The smallest absolute Gasteiger partial charge is 0.274 e. The van der Waals surface area contributed by atoms with Crippen LogP contribution in [0, 0.1) is 6.92 Å². The first-order valence-corrected chi connectivity index (χ1v) is 16.4. The van der Waals surface area contributed by atoms with E-state index in [1.165, 1.54) is 10.6 Å². The second kappa shape index (κ2) is 14.5. The Balaban J connectivity index is 1.42. The zero-order valence-corrected chi connectivity index (χ0v) is 29.1. The van der Waals surface area contributed by atoms with Gasteiger partial charge in [-0.05, 0) is 84.6 Å². The summed E-state index contributed by atoms with van der Waals surface area (Å²) in [5.41, 5.74) is 6.31. The molecule has 256 valence electrons. The zero-order valence-electron chi connectivity index (χ0n) is 29.1. The molecule has 10 heteroatoms. The lowest BCUT2D eigenvalue weighted by Crippen LogP contribution is -2.47. The molecule has 49 heavy (non-hydrogen) atoms. The molecule has 5 rings (SSSR count). The summed E-state index contributed by atoms with van der Waals surface area (Å²) in [6.45, 7) is 14.8. The molecule has 0 saturated carbocycles. The molecule has 1 aliphatic heterocycles. The molecule has 0 radical (unpaired) electrons. The van der Waals surface area contributed by atoms with E-state index in [0.717, 1.165) is 35.3 Å². The number of piperazine rings is 1. The van der Waals surface area contributed by atoms with Crippen molar-refractivity contribution in [3.8, 4) is 11.1 Å². The van der Waals surface area contributed by atoms with Crippen LogP contribution in [0.5, 0.6) is 0 Å². The van der Waals surface area contributed by atoms with Crippen LogP contribution in [0.25, 0.3) is 11.1 Å². The van der Waals surface area contributed by atoms with E-state index in [1.54, 1.807) is 42.4 Å². The molecule has 2 heterocycles. The van der Waals surface area contributed by atoms with Gasteiger partial charge >= 0.3 is 0 Å². The number of hydrogen-bond donors (Lipinski definition) is 4. The van der Waals surface area contributed by atoms with E-state index in [2.05, 4.69) is 48.2 Å². The first-order chi connectivity index (χ1) is 23.2. The fourth-order valence-corrected chi connectivity index (χ4v) is 5.83. The fraction of sp³-hybridized carbons (Fsp3) is 0.308. The highest BCUT2D eigenvalue weighted by molar-refractivity contribution is 6.05. The molecule has 4 aromatic rings. The van der Waals surface area contributed by atoms with Gasteiger partial charge in [0, 0.05) is 61.9 Å². The Morgan fingerprint density at radius 1 is 0.918 bits per heavy atom. The van der Waals surface area contributed by atoms with Crippen LogP contribution in [0.4, 0.5) is 22.7 Å². The fourth-order valence-electron chi connectivity index (χ4n) is 5.83. The average Bonchev–Trinajstić information content (AvgIpc) is 3.07. The lowest BCUT2D eigenvalue weighted by molar-refractivity contribution is 0.0665. The van der Waals surface area contributed by atoms with Gasteiger partial charge in [0.1, 0.15) is 11.9 Å². The number of carbonyl (C=O) groups excluding carboxylic acids is 2. The van der Waals surface area contributed by atoms with Crippen LogP contribution in [-0.2, 0) is 12.5 Å². The maximum atomic E-state index is 13.5. The molecule has 1 atom stereocenters. The van der Waals surface area contributed by atoms with Gasteiger partial charge in [0.15, 0.2) is 0 Å². The van der Waals surface area contributed by atoms with E-state index in [-0.39, 0.29) is 22.8 Å². The third-order valence-corrected chi connectivity index (χ3v) is 8.94. The monoisotopic (exact) mass is 662 g/mol. The van der Waals surface area contributed by atoms with Crippen LogP contribution in [-0.4, -0.2) is 70.7 Å². The highest BCUT2D eigenvalue weighted by Crippen LogP contribution is 2.31. The molecular weight excluding hydrogens is 616 g/mol. The Morgan fingerprint density at radius 2 is 1.61 bits per heavy atom. The SMILES string of the molecule is C=CC(O)Nc1cc(Nc2cc(-c3cccc(NC(=O)c4ccc(C(C)(C)C)cc4)c3C)cn(C)c2=O)ccc1C(=O)N1CCN(C)CC1. The van der Waals surface area contributed by atoms with E-state index in [1.807, 2.05) is 56.4 Å². The Kier molecular flexibility index (Phi) is 10.4. The molecule has 1 fully saturated rings. The van der Waals surface area contributed by atoms with Crippen molar-refractivity contribution in [3.63, 3.8) is 0 Å². The van der Waals surface area contributed by atoms with Crippen LogP contribution in [0.3, 0.4) is 0 Å². The largest absolute Gasteiger partial charge is 0.370 e. The topological polar surface area (TPSA) is 119 Å². The number of pyridine rings is 1. The maximum absolute atomic E-state index is 13.5. The van der Waals surface area contributed by atoms with Crippen molar-refractivity contribution < 1.29 is 14.7 Å². The van der Waals surface area contributed by atoms with Crippen molar-refractivity contribution in [1.82, 2.24) is 14.4 Å². The summed E-state index contributed by atoms with van der Waals surface area (Å²) in [7, 11) is 3.71. The number of benzene rings is 3. The van der Waals surface area contributed by atoms with Gasteiger partial charge in [0.2, 0.25) is 0 Å².